The van der Waals surface area contributed by atoms with Crippen LogP contribution in [0.4, 0.5) is 0 Å². The fourth-order valence-electron chi connectivity index (χ4n) is 2.66. The van der Waals surface area contributed by atoms with Gasteiger partial charge in [0.25, 0.3) is 0 Å². The molecular formula is C20H37IN4. The third-order valence-electron chi connectivity index (χ3n) is 4.32. The highest BCUT2D eigenvalue weighted by Gasteiger charge is 2.05. The molecule has 144 valence electrons. The van der Waals surface area contributed by atoms with Crippen molar-refractivity contribution in [1.82, 2.24) is 15.5 Å². The molecule has 0 aliphatic carbocycles. The molecule has 5 heteroatoms. The Kier molecular flexibility index (Phi) is 14.9. The van der Waals surface area contributed by atoms with Crippen molar-refractivity contribution in [3.8, 4) is 0 Å². The molecule has 1 atom stereocenters. The Morgan fingerprint density at radius 1 is 1.04 bits per heavy atom. The Bertz CT molecular complexity index is 446. The summed E-state index contributed by atoms with van der Waals surface area (Å²) in [7, 11) is 0. The molecule has 0 aliphatic heterocycles. The maximum absolute atomic E-state index is 4.74. The van der Waals surface area contributed by atoms with Gasteiger partial charge in [0.1, 0.15) is 0 Å². The number of aliphatic imine (C=N–C) groups is 1. The van der Waals surface area contributed by atoms with Gasteiger partial charge in [-0.05, 0) is 45.0 Å². The Morgan fingerprint density at radius 2 is 1.72 bits per heavy atom. The first-order valence-corrected chi connectivity index (χ1v) is 9.50. The van der Waals surface area contributed by atoms with E-state index in [9.17, 15) is 0 Å². The summed E-state index contributed by atoms with van der Waals surface area (Å²) in [6.45, 7) is 14.9. The van der Waals surface area contributed by atoms with Gasteiger partial charge >= 0.3 is 0 Å². The topological polar surface area (TPSA) is 39.7 Å². The molecule has 0 saturated carbocycles. The third kappa shape index (κ3) is 10.7. The van der Waals surface area contributed by atoms with Crippen LogP contribution in [0, 0.1) is 0 Å². The summed E-state index contributed by atoms with van der Waals surface area (Å²) >= 11 is 0. The molecule has 0 heterocycles. The van der Waals surface area contributed by atoms with E-state index in [0.29, 0.717) is 5.92 Å². The van der Waals surface area contributed by atoms with Crippen molar-refractivity contribution in [3.05, 3.63) is 35.9 Å². The van der Waals surface area contributed by atoms with Crippen LogP contribution in [0.3, 0.4) is 0 Å². The Hall–Kier alpha value is -0.820. The number of halogens is 1. The number of unbranched alkanes of at least 4 members (excludes halogenated alkanes) is 1. The van der Waals surface area contributed by atoms with Crippen LogP contribution in [-0.2, 0) is 0 Å². The molecule has 2 N–H and O–H groups in total. The number of hydrogen-bond donors (Lipinski definition) is 2. The third-order valence-corrected chi connectivity index (χ3v) is 4.32. The number of nitrogens with one attached hydrogen (secondary N) is 2. The molecule has 0 bridgehead atoms. The van der Waals surface area contributed by atoms with Crippen molar-refractivity contribution in [2.75, 3.05) is 39.3 Å². The molecule has 0 saturated heterocycles. The van der Waals surface area contributed by atoms with E-state index in [1.807, 2.05) is 0 Å². The molecule has 25 heavy (non-hydrogen) atoms. The summed E-state index contributed by atoms with van der Waals surface area (Å²) in [5.41, 5.74) is 1.34. The first-order chi connectivity index (χ1) is 11.7. The van der Waals surface area contributed by atoms with Crippen LogP contribution in [0.15, 0.2) is 35.3 Å². The Balaban J connectivity index is 0.00000576. The lowest BCUT2D eigenvalue weighted by molar-refractivity contribution is 0.297. The molecule has 1 rings (SSSR count). The molecule has 1 unspecified atom stereocenters. The van der Waals surface area contributed by atoms with E-state index in [0.717, 1.165) is 38.7 Å². The maximum Gasteiger partial charge on any atom is 0.191 e. The lowest BCUT2D eigenvalue weighted by Gasteiger charge is -2.18. The van der Waals surface area contributed by atoms with Gasteiger partial charge in [0.2, 0.25) is 0 Å². The van der Waals surface area contributed by atoms with Gasteiger partial charge in [-0.1, -0.05) is 51.1 Å². The zero-order valence-corrected chi connectivity index (χ0v) is 18.8. The predicted molar refractivity (Wildman–Crippen MR) is 121 cm³/mol. The molecule has 0 aliphatic rings. The highest BCUT2D eigenvalue weighted by atomic mass is 127. The van der Waals surface area contributed by atoms with E-state index < -0.39 is 0 Å². The molecule has 1 aromatic rings. The minimum Gasteiger partial charge on any atom is -0.357 e. The van der Waals surface area contributed by atoms with E-state index in [1.165, 1.54) is 24.9 Å². The zero-order chi connectivity index (χ0) is 17.6. The van der Waals surface area contributed by atoms with Crippen LogP contribution >= 0.6 is 24.0 Å². The SMILES string of the molecule is CCNC(=NCC(C)c1ccccc1)NCCCCN(CC)CC.I. The molecule has 1 aromatic carbocycles. The van der Waals surface area contributed by atoms with E-state index in [-0.39, 0.29) is 24.0 Å². The summed E-state index contributed by atoms with van der Waals surface area (Å²) in [6, 6.07) is 10.6. The van der Waals surface area contributed by atoms with E-state index in [4.69, 9.17) is 4.99 Å². The molecule has 0 amide bonds. The average Bonchev–Trinajstić information content (AvgIpc) is 2.63. The lowest BCUT2D eigenvalue weighted by Crippen LogP contribution is -2.38. The molecule has 0 aromatic heterocycles. The number of guanidine groups is 1. The van der Waals surface area contributed by atoms with Crippen LogP contribution in [0.5, 0.6) is 0 Å². The maximum atomic E-state index is 4.74. The van der Waals surface area contributed by atoms with Gasteiger partial charge in [-0.15, -0.1) is 24.0 Å². The van der Waals surface area contributed by atoms with Crippen molar-refractivity contribution in [2.24, 2.45) is 4.99 Å². The van der Waals surface area contributed by atoms with Crippen molar-refractivity contribution < 1.29 is 0 Å². The minimum absolute atomic E-state index is 0. The summed E-state index contributed by atoms with van der Waals surface area (Å²) in [4.78, 5) is 7.21. The highest BCUT2D eigenvalue weighted by molar-refractivity contribution is 14.0. The van der Waals surface area contributed by atoms with Crippen molar-refractivity contribution in [1.29, 1.82) is 0 Å². The lowest BCUT2D eigenvalue weighted by atomic mass is 10.0. The first-order valence-electron chi connectivity index (χ1n) is 9.50. The molecule has 0 spiro atoms. The van der Waals surface area contributed by atoms with Crippen LogP contribution in [0.25, 0.3) is 0 Å². The molecule has 0 radical (unpaired) electrons. The largest absolute Gasteiger partial charge is 0.357 e. The smallest absolute Gasteiger partial charge is 0.191 e. The molecule has 0 fully saturated rings. The van der Waals surface area contributed by atoms with Crippen molar-refractivity contribution >= 4 is 29.9 Å². The van der Waals surface area contributed by atoms with Crippen molar-refractivity contribution in [3.63, 3.8) is 0 Å². The van der Waals surface area contributed by atoms with Crippen LogP contribution < -0.4 is 10.6 Å². The number of benzene rings is 1. The predicted octanol–water partition coefficient (Wildman–Crippen LogP) is 4.09. The quantitative estimate of drug-likeness (QED) is 0.226. The van der Waals surface area contributed by atoms with E-state index in [2.05, 4.69) is 73.6 Å². The Labute approximate surface area is 171 Å². The summed E-state index contributed by atoms with van der Waals surface area (Å²) in [6.07, 6.45) is 2.41. The standard InChI is InChI=1S/C20H36N4.HI/c1-5-21-20(22-15-11-12-16-24(6-2)7-3)23-17-18(4)19-13-9-8-10-14-19;/h8-10,13-14,18H,5-7,11-12,15-17H2,1-4H3,(H2,21,22,23);1H. The van der Waals surface area contributed by atoms with E-state index in [1.54, 1.807) is 0 Å². The fraction of sp³-hybridized carbons (Fsp3) is 0.650. The summed E-state index contributed by atoms with van der Waals surface area (Å²) in [5, 5.41) is 6.80. The van der Waals surface area contributed by atoms with Crippen LogP contribution in [-0.4, -0.2) is 50.1 Å². The number of rotatable bonds is 11. The van der Waals surface area contributed by atoms with Gasteiger partial charge in [-0.25, -0.2) is 0 Å². The second kappa shape index (κ2) is 15.4. The zero-order valence-electron chi connectivity index (χ0n) is 16.4. The van der Waals surface area contributed by atoms with Gasteiger partial charge in [-0.3, -0.25) is 4.99 Å². The highest BCUT2D eigenvalue weighted by Crippen LogP contribution is 2.14. The molecular weight excluding hydrogens is 423 g/mol. The van der Waals surface area contributed by atoms with E-state index >= 15 is 0 Å². The summed E-state index contributed by atoms with van der Waals surface area (Å²) < 4.78 is 0. The van der Waals surface area contributed by atoms with Gasteiger partial charge in [0.15, 0.2) is 5.96 Å². The average molecular weight is 460 g/mol. The normalized spacial score (nSPS) is 12.6. The second-order valence-electron chi connectivity index (χ2n) is 6.19. The van der Waals surface area contributed by atoms with Gasteiger partial charge in [-0.2, -0.15) is 0 Å². The second-order valence-corrected chi connectivity index (χ2v) is 6.19. The number of nitrogens with zero attached hydrogens (tertiary/aromatic N) is 2. The number of hydrogen-bond acceptors (Lipinski definition) is 2. The summed E-state index contributed by atoms with van der Waals surface area (Å²) in [5.74, 6) is 1.37. The van der Waals surface area contributed by atoms with Gasteiger partial charge in [0.05, 0.1) is 0 Å². The van der Waals surface area contributed by atoms with Gasteiger partial charge < -0.3 is 15.5 Å². The van der Waals surface area contributed by atoms with Crippen molar-refractivity contribution in [2.45, 2.75) is 46.5 Å². The van der Waals surface area contributed by atoms with Crippen LogP contribution in [0.2, 0.25) is 0 Å². The monoisotopic (exact) mass is 460 g/mol. The van der Waals surface area contributed by atoms with Crippen LogP contribution in [0.1, 0.15) is 52.0 Å². The first kappa shape index (κ1) is 24.2. The molecule has 4 nitrogen and oxygen atoms in total. The van der Waals surface area contributed by atoms with Gasteiger partial charge in [0, 0.05) is 25.6 Å². The minimum atomic E-state index is 0. The fourth-order valence-corrected chi connectivity index (χ4v) is 2.66. The Morgan fingerprint density at radius 3 is 2.32 bits per heavy atom.